The summed E-state index contributed by atoms with van der Waals surface area (Å²) in [7, 11) is -4.18. The number of hydrogen-bond acceptors (Lipinski definition) is 3. The summed E-state index contributed by atoms with van der Waals surface area (Å²) in [6.07, 6.45) is -4.52. The van der Waals surface area contributed by atoms with Crippen molar-refractivity contribution in [1.29, 1.82) is 0 Å². The molecule has 31 heavy (non-hydrogen) atoms. The highest BCUT2D eigenvalue weighted by molar-refractivity contribution is 7.92. The van der Waals surface area contributed by atoms with E-state index in [9.17, 15) is 30.8 Å². The van der Waals surface area contributed by atoms with Gasteiger partial charge in [-0.05, 0) is 60.7 Å². The molecule has 0 saturated carbocycles. The van der Waals surface area contributed by atoms with Gasteiger partial charge in [0.2, 0.25) is 5.91 Å². The average molecular weight is 452 g/mol. The molecule has 1 amide bonds. The molecule has 1 N–H and O–H groups in total. The molecular weight excluding hydrogens is 436 g/mol. The molecule has 0 atom stereocenters. The van der Waals surface area contributed by atoms with Crippen LogP contribution >= 0.6 is 0 Å². The fraction of sp³-hybridized carbons (Fsp3) is 0.0952. The van der Waals surface area contributed by atoms with Gasteiger partial charge in [0.15, 0.2) is 0 Å². The van der Waals surface area contributed by atoms with Crippen LogP contribution in [0.25, 0.3) is 0 Å². The molecule has 0 aliphatic heterocycles. The van der Waals surface area contributed by atoms with Crippen molar-refractivity contribution in [3.63, 3.8) is 0 Å². The predicted octanol–water partition coefficient (Wildman–Crippen LogP) is 4.68. The summed E-state index contributed by atoms with van der Waals surface area (Å²) in [5.74, 6) is -1.38. The third-order valence-corrected chi connectivity index (χ3v) is 6.02. The van der Waals surface area contributed by atoms with E-state index in [0.29, 0.717) is 0 Å². The fourth-order valence-corrected chi connectivity index (χ4v) is 4.16. The van der Waals surface area contributed by atoms with E-state index in [0.717, 1.165) is 40.7 Å². The van der Waals surface area contributed by atoms with Crippen LogP contribution in [0.1, 0.15) is 5.56 Å². The molecule has 10 heteroatoms. The zero-order chi connectivity index (χ0) is 22.6. The molecule has 0 fully saturated rings. The lowest BCUT2D eigenvalue weighted by atomic mass is 10.2. The van der Waals surface area contributed by atoms with Gasteiger partial charge in [0.25, 0.3) is 10.0 Å². The maximum atomic E-state index is 13.3. The molecular formula is C21H16F4N2O3S. The zero-order valence-corrected chi connectivity index (χ0v) is 16.6. The lowest BCUT2D eigenvalue weighted by Crippen LogP contribution is -2.38. The summed E-state index contributed by atoms with van der Waals surface area (Å²) in [4.78, 5) is 12.4. The van der Waals surface area contributed by atoms with E-state index in [4.69, 9.17) is 0 Å². The van der Waals surface area contributed by atoms with Gasteiger partial charge in [-0.15, -0.1) is 0 Å². The second-order valence-electron chi connectivity index (χ2n) is 6.42. The summed E-state index contributed by atoms with van der Waals surface area (Å²) < 4.78 is 78.3. The Kier molecular flexibility index (Phi) is 6.30. The number of carbonyl (C=O) groups excluding carboxylic acids is 1. The van der Waals surface area contributed by atoms with Crippen LogP contribution in [-0.2, 0) is 21.0 Å². The van der Waals surface area contributed by atoms with Gasteiger partial charge < -0.3 is 5.32 Å². The molecule has 0 saturated heterocycles. The molecule has 5 nitrogen and oxygen atoms in total. The Morgan fingerprint density at radius 2 is 1.45 bits per heavy atom. The molecule has 0 unspecified atom stereocenters. The zero-order valence-electron chi connectivity index (χ0n) is 15.8. The maximum absolute atomic E-state index is 13.3. The molecule has 0 spiro atoms. The molecule has 0 heterocycles. The number of nitrogens with one attached hydrogen (secondary N) is 1. The van der Waals surface area contributed by atoms with E-state index in [1.807, 2.05) is 0 Å². The summed E-state index contributed by atoms with van der Waals surface area (Å²) in [5.41, 5.74) is -0.771. The SMILES string of the molecule is O=C(CN(c1ccc(F)cc1)S(=O)(=O)c1ccccc1)Nc1ccc(C(F)(F)F)cc1. The Morgan fingerprint density at radius 3 is 2.00 bits per heavy atom. The van der Waals surface area contributed by atoms with Gasteiger partial charge in [-0.25, -0.2) is 12.8 Å². The van der Waals surface area contributed by atoms with Crippen molar-refractivity contribution in [2.45, 2.75) is 11.1 Å². The lowest BCUT2D eigenvalue weighted by Gasteiger charge is -2.24. The third-order valence-electron chi connectivity index (χ3n) is 4.23. The Labute approximate surface area is 176 Å². The van der Waals surface area contributed by atoms with Crippen molar-refractivity contribution in [2.24, 2.45) is 0 Å². The van der Waals surface area contributed by atoms with Gasteiger partial charge in [-0.1, -0.05) is 18.2 Å². The van der Waals surface area contributed by atoms with Crippen molar-refractivity contribution in [3.05, 3.63) is 90.2 Å². The number of nitrogens with zero attached hydrogens (tertiary/aromatic N) is 1. The number of amides is 1. The molecule has 3 aromatic carbocycles. The Bertz CT molecular complexity index is 1150. The number of anilines is 2. The quantitative estimate of drug-likeness (QED) is 0.553. The predicted molar refractivity (Wildman–Crippen MR) is 107 cm³/mol. The summed E-state index contributed by atoms with van der Waals surface area (Å²) in [6, 6.07) is 15.6. The van der Waals surface area contributed by atoms with Gasteiger partial charge >= 0.3 is 6.18 Å². The van der Waals surface area contributed by atoms with Crippen molar-refractivity contribution in [2.75, 3.05) is 16.2 Å². The smallest absolute Gasteiger partial charge is 0.325 e. The molecule has 0 aliphatic rings. The minimum Gasteiger partial charge on any atom is -0.325 e. The van der Waals surface area contributed by atoms with Crippen LogP contribution in [0, 0.1) is 5.82 Å². The Hall–Kier alpha value is -3.40. The van der Waals surface area contributed by atoms with Crippen LogP contribution < -0.4 is 9.62 Å². The van der Waals surface area contributed by atoms with Gasteiger partial charge in [-0.2, -0.15) is 13.2 Å². The summed E-state index contributed by atoms with van der Waals surface area (Å²) in [6.45, 7) is -0.677. The number of sulfonamides is 1. The van der Waals surface area contributed by atoms with E-state index in [1.165, 1.54) is 36.4 Å². The van der Waals surface area contributed by atoms with E-state index in [2.05, 4.69) is 5.32 Å². The number of hydrogen-bond donors (Lipinski definition) is 1. The van der Waals surface area contributed by atoms with E-state index < -0.39 is 40.0 Å². The maximum Gasteiger partial charge on any atom is 0.416 e. The van der Waals surface area contributed by atoms with Gasteiger partial charge in [0, 0.05) is 5.69 Å². The van der Waals surface area contributed by atoms with Crippen LogP contribution in [0.5, 0.6) is 0 Å². The molecule has 3 aromatic rings. The first-order valence-electron chi connectivity index (χ1n) is 8.88. The van der Waals surface area contributed by atoms with Crippen LogP contribution in [-0.4, -0.2) is 20.9 Å². The van der Waals surface area contributed by atoms with Crippen molar-refractivity contribution < 1.29 is 30.8 Å². The molecule has 0 radical (unpaired) electrons. The molecule has 0 aromatic heterocycles. The van der Waals surface area contributed by atoms with Crippen molar-refractivity contribution >= 4 is 27.3 Å². The van der Waals surface area contributed by atoms with E-state index >= 15 is 0 Å². The molecule has 3 rings (SSSR count). The first kappa shape index (κ1) is 22.3. The second-order valence-corrected chi connectivity index (χ2v) is 8.29. The van der Waals surface area contributed by atoms with Crippen molar-refractivity contribution in [3.8, 4) is 0 Å². The summed E-state index contributed by atoms with van der Waals surface area (Å²) in [5, 5.41) is 2.37. The Balaban J connectivity index is 1.86. The minimum absolute atomic E-state index is 0.0489. The molecule has 0 bridgehead atoms. The second kappa shape index (κ2) is 8.76. The summed E-state index contributed by atoms with van der Waals surface area (Å²) >= 11 is 0. The monoisotopic (exact) mass is 452 g/mol. The molecule has 162 valence electrons. The first-order chi connectivity index (χ1) is 14.6. The van der Waals surface area contributed by atoms with Crippen molar-refractivity contribution in [1.82, 2.24) is 0 Å². The van der Waals surface area contributed by atoms with Crippen LogP contribution in [0.15, 0.2) is 83.8 Å². The fourth-order valence-electron chi connectivity index (χ4n) is 2.72. The van der Waals surface area contributed by atoms with Crippen LogP contribution in [0.4, 0.5) is 28.9 Å². The highest BCUT2D eigenvalue weighted by Crippen LogP contribution is 2.30. The first-order valence-corrected chi connectivity index (χ1v) is 10.3. The van der Waals surface area contributed by atoms with Crippen LogP contribution in [0.3, 0.4) is 0 Å². The third kappa shape index (κ3) is 5.40. The largest absolute Gasteiger partial charge is 0.416 e. The van der Waals surface area contributed by atoms with Crippen LogP contribution in [0.2, 0.25) is 0 Å². The van der Waals surface area contributed by atoms with E-state index in [1.54, 1.807) is 6.07 Å². The highest BCUT2D eigenvalue weighted by Gasteiger charge is 2.30. The highest BCUT2D eigenvalue weighted by atomic mass is 32.2. The lowest BCUT2D eigenvalue weighted by molar-refractivity contribution is -0.137. The number of rotatable bonds is 6. The van der Waals surface area contributed by atoms with E-state index in [-0.39, 0.29) is 16.3 Å². The van der Waals surface area contributed by atoms with Gasteiger partial charge in [0.05, 0.1) is 16.1 Å². The topological polar surface area (TPSA) is 66.5 Å². The normalized spacial score (nSPS) is 11.7. The van der Waals surface area contributed by atoms with Gasteiger partial charge in [-0.3, -0.25) is 9.10 Å². The Morgan fingerprint density at radius 1 is 0.871 bits per heavy atom. The minimum atomic E-state index is -4.52. The number of benzene rings is 3. The molecule has 0 aliphatic carbocycles. The standard InChI is InChI=1S/C21H16F4N2O3S/c22-16-8-12-18(13-9-16)27(31(29,30)19-4-2-1-3-5-19)14-20(28)26-17-10-6-15(7-11-17)21(23,24)25/h1-13H,14H2,(H,26,28). The number of alkyl halides is 3. The van der Waals surface area contributed by atoms with Gasteiger partial charge in [0.1, 0.15) is 12.4 Å². The number of halogens is 4. The number of carbonyl (C=O) groups is 1. The average Bonchev–Trinajstić information content (AvgIpc) is 2.73.